The van der Waals surface area contributed by atoms with Crippen molar-refractivity contribution in [1.82, 2.24) is 20.3 Å². The summed E-state index contributed by atoms with van der Waals surface area (Å²) in [6, 6.07) is 9.06. The van der Waals surface area contributed by atoms with Crippen LogP contribution in [-0.2, 0) is 12.7 Å². The number of rotatable bonds is 7. The van der Waals surface area contributed by atoms with Crippen molar-refractivity contribution in [2.45, 2.75) is 19.6 Å². The van der Waals surface area contributed by atoms with Gasteiger partial charge in [-0.2, -0.15) is 13.2 Å². The van der Waals surface area contributed by atoms with Gasteiger partial charge in [0, 0.05) is 6.54 Å². The lowest BCUT2D eigenvalue weighted by Crippen LogP contribution is -2.27. The second-order valence-electron chi connectivity index (χ2n) is 6.27. The number of methoxy groups -OCH3 is 1. The molecule has 0 saturated heterocycles. The van der Waals surface area contributed by atoms with E-state index in [4.69, 9.17) is 9.47 Å². The predicted octanol–water partition coefficient (Wildman–Crippen LogP) is 3.76. The van der Waals surface area contributed by atoms with Gasteiger partial charge in [-0.05, 0) is 48.9 Å². The van der Waals surface area contributed by atoms with Gasteiger partial charge >= 0.3 is 6.18 Å². The number of hydrogen-bond acceptors (Lipinski definition) is 5. The Bertz CT molecular complexity index is 1070. The highest BCUT2D eigenvalue weighted by Crippen LogP contribution is 2.33. The smallest absolute Gasteiger partial charge is 0.435 e. The van der Waals surface area contributed by atoms with Crippen LogP contribution < -0.4 is 14.8 Å². The highest BCUT2D eigenvalue weighted by atomic mass is 19.4. The summed E-state index contributed by atoms with van der Waals surface area (Å²) in [7, 11) is 1.45. The molecule has 0 aliphatic rings. The van der Waals surface area contributed by atoms with E-state index in [-0.39, 0.29) is 12.2 Å². The van der Waals surface area contributed by atoms with Crippen molar-refractivity contribution in [2.75, 3.05) is 13.7 Å². The summed E-state index contributed by atoms with van der Waals surface area (Å²) in [6.45, 7) is 2.16. The quantitative estimate of drug-likeness (QED) is 0.569. The Morgan fingerprint density at radius 1 is 1.13 bits per heavy atom. The number of aromatic nitrogens is 3. The minimum absolute atomic E-state index is 0.0810. The first kappa shape index (κ1) is 22.1. The molecular formula is C20H18F4N4O3. The van der Waals surface area contributed by atoms with Gasteiger partial charge in [0.05, 0.1) is 19.4 Å². The Morgan fingerprint density at radius 2 is 1.84 bits per heavy atom. The Morgan fingerprint density at radius 3 is 2.45 bits per heavy atom. The molecular weight excluding hydrogens is 420 g/mol. The Hall–Kier alpha value is -3.63. The zero-order valence-corrected chi connectivity index (χ0v) is 16.5. The molecule has 7 nitrogen and oxygen atoms in total. The van der Waals surface area contributed by atoms with Gasteiger partial charge in [0.15, 0.2) is 22.9 Å². The van der Waals surface area contributed by atoms with E-state index >= 15 is 0 Å². The van der Waals surface area contributed by atoms with Gasteiger partial charge in [-0.3, -0.25) is 4.79 Å². The first-order valence-electron chi connectivity index (χ1n) is 9.11. The van der Waals surface area contributed by atoms with Crippen LogP contribution in [0, 0.1) is 5.82 Å². The summed E-state index contributed by atoms with van der Waals surface area (Å²) in [5.74, 6) is -0.761. The Kier molecular flexibility index (Phi) is 6.42. The standard InChI is InChI=1S/C20H18F4N4O3/c1-3-31-15-9-4-12(10-16(15)30-2)11-25-19(29)17-18(20(22,23)24)28(27-26-17)14-7-5-13(21)6-8-14/h4-10H,3,11H2,1-2H3,(H,25,29). The molecule has 1 aromatic heterocycles. The van der Waals surface area contributed by atoms with E-state index < -0.39 is 29.3 Å². The summed E-state index contributed by atoms with van der Waals surface area (Å²) in [5, 5.41) is 9.25. The monoisotopic (exact) mass is 438 g/mol. The van der Waals surface area contributed by atoms with E-state index in [0.29, 0.717) is 28.4 Å². The van der Waals surface area contributed by atoms with Gasteiger partial charge in [-0.1, -0.05) is 11.3 Å². The fourth-order valence-corrected chi connectivity index (χ4v) is 2.81. The topological polar surface area (TPSA) is 78.3 Å². The molecule has 0 aliphatic heterocycles. The SMILES string of the molecule is CCOc1ccc(CNC(=O)c2nnn(-c3ccc(F)cc3)c2C(F)(F)F)cc1OC. The third kappa shape index (κ3) is 4.93. The fraction of sp³-hybridized carbons (Fsp3) is 0.250. The van der Waals surface area contributed by atoms with Crippen LogP contribution in [-0.4, -0.2) is 34.6 Å². The highest BCUT2D eigenvalue weighted by molar-refractivity contribution is 5.93. The molecule has 0 radical (unpaired) electrons. The molecule has 31 heavy (non-hydrogen) atoms. The molecule has 2 aromatic carbocycles. The van der Waals surface area contributed by atoms with Gasteiger partial charge in [-0.25, -0.2) is 9.07 Å². The Balaban J connectivity index is 1.84. The molecule has 0 fully saturated rings. The number of halogens is 4. The van der Waals surface area contributed by atoms with Gasteiger partial charge in [0.1, 0.15) is 5.82 Å². The van der Waals surface area contributed by atoms with Crippen LogP contribution in [0.1, 0.15) is 28.7 Å². The van der Waals surface area contributed by atoms with E-state index in [1.165, 1.54) is 7.11 Å². The van der Waals surface area contributed by atoms with Crippen molar-refractivity contribution in [1.29, 1.82) is 0 Å². The average Bonchev–Trinajstić information content (AvgIpc) is 3.19. The molecule has 3 rings (SSSR count). The maximum absolute atomic E-state index is 13.7. The number of ether oxygens (including phenoxy) is 2. The lowest BCUT2D eigenvalue weighted by atomic mass is 10.2. The minimum atomic E-state index is -4.92. The van der Waals surface area contributed by atoms with Crippen molar-refractivity contribution in [2.24, 2.45) is 0 Å². The number of benzene rings is 2. The molecule has 11 heteroatoms. The molecule has 1 N–H and O–H groups in total. The number of alkyl halides is 3. The summed E-state index contributed by atoms with van der Waals surface area (Å²) >= 11 is 0. The van der Waals surface area contributed by atoms with Crippen LogP contribution in [0.4, 0.5) is 17.6 Å². The van der Waals surface area contributed by atoms with Crippen LogP contribution >= 0.6 is 0 Å². The van der Waals surface area contributed by atoms with Crippen molar-refractivity contribution in [3.63, 3.8) is 0 Å². The number of carbonyl (C=O) groups excluding carboxylic acids is 1. The third-order valence-corrected chi connectivity index (χ3v) is 4.21. The molecule has 3 aromatic rings. The van der Waals surface area contributed by atoms with Crippen LogP contribution in [0.3, 0.4) is 0 Å². The number of hydrogen-bond donors (Lipinski definition) is 1. The van der Waals surface area contributed by atoms with E-state index in [2.05, 4.69) is 15.6 Å². The zero-order valence-electron chi connectivity index (χ0n) is 16.5. The van der Waals surface area contributed by atoms with Crippen LogP contribution in [0.5, 0.6) is 11.5 Å². The summed E-state index contributed by atoms with van der Waals surface area (Å²) < 4.78 is 65.2. The van der Waals surface area contributed by atoms with E-state index in [9.17, 15) is 22.4 Å². The molecule has 0 atom stereocenters. The molecule has 0 spiro atoms. The first-order valence-corrected chi connectivity index (χ1v) is 9.11. The maximum atomic E-state index is 13.7. The highest BCUT2D eigenvalue weighted by Gasteiger charge is 2.42. The summed E-state index contributed by atoms with van der Waals surface area (Å²) in [4.78, 5) is 12.5. The molecule has 0 aliphatic carbocycles. The van der Waals surface area contributed by atoms with E-state index in [0.717, 1.165) is 24.3 Å². The number of amides is 1. The number of nitrogens with one attached hydrogen (secondary N) is 1. The van der Waals surface area contributed by atoms with Gasteiger partial charge in [0.25, 0.3) is 5.91 Å². The second kappa shape index (κ2) is 9.02. The van der Waals surface area contributed by atoms with Crippen molar-refractivity contribution < 1.29 is 31.8 Å². The lowest BCUT2D eigenvalue weighted by Gasteiger charge is -2.12. The molecule has 0 bridgehead atoms. The van der Waals surface area contributed by atoms with Crippen molar-refractivity contribution in [3.8, 4) is 17.2 Å². The third-order valence-electron chi connectivity index (χ3n) is 4.21. The normalized spacial score (nSPS) is 11.3. The van der Waals surface area contributed by atoms with Gasteiger partial charge < -0.3 is 14.8 Å². The van der Waals surface area contributed by atoms with Crippen LogP contribution in [0.2, 0.25) is 0 Å². The van der Waals surface area contributed by atoms with Crippen LogP contribution in [0.15, 0.2) is 42.5 Å². The van der Waals surface area contributed by atoms with Gasteiger partial charge in [0.2, 0.25) is 0 Å². The summed E-state index contributed by atoms with van der Waals surface area (Å²) in [5.41, 5.74) is -1.76. The summed E-state index contributed by atoms with van der Waals surface area (Å²) in [6.07, 6.45) is -4.92. The first-order chi connectivity index (χ1) is 14.7. The number of carbonyl (C=O) groups is 1. The predicted molar refractivity (Wildman–Crippen MR) is 102 cm³/mol. The second-order valence-corrected chi connectivity index (χ2v) is 6.27. The molecule has 0 unspecified atom stereocenters. The largest absolute Gasteiger partial charge is 0.493 e. The zero-order chi connectivity index (χ0) is 22.6. The lowest BCUT2D eigenvalue weighted by molar-refractivity contribution is -0.143. The molecule has 0 saturated carbocycles. The maximum Gasteiger partial charge on any atom is 0.435 e. The average molecular weight is 438 g/mol. The van der Waals surface area contributed by atoms with Gasteiger partial charge in [-0.15, -0.1) is 5.10 Å². The van der Waals surface area contributed by atoms with E-state index in [1.54, 1.807) is 18.2 Å². The minimum Gasteiger partial charge on any atom is -0.493 e. The molecule has 1 heterocycles. The molecule has 1 amide bonds. The molecule has 164 valence electrons. The van der Waals surface area contributed by atoms with Crippen LogP contribution in [0.25, 0.3) is 5.69 Å². The van der Waals surface area contributed by atoms with E-state index in [1.807, 2.05) is 6.92 Å². The fourth-order valence-electron chi connectivity index (χ4n) is 2.81. The Labute approximate surface area is 174 Å². The number of nitrogens with zero attached hydrogens (tertiary/aromatic N) is 3. The van der Waals surface area contributed by atoms with Crippen molar-refractivity contribution >= 4 is 5.91 Å². The van der Waals surface area contributed by atoms with Crippen molar-refractivity contribution in [3.05, 3.63) is 65.2 Å².